The molecule has 1 unspecified atom stereocenters. The topological polar surface area (TPSA) is 136 Å². The zero-order valence-electron chi connectivity index (χ0n) is 18.1. The number of thioether (sulfide) groups is 1. The van der Waals surface area contributed by atoms with E-state index in [1.165, 1.54) is 13.3 Å². The minimum Gasteiger partial charge on any atom is -0.497 e. The molecule has 12 heteroatoms. The Morgan fingerprint density at radius 1 is 1.26 bits per heavy atom. The second-order valence-corrected chi connectivity index (χ2v) is 8.77. The lowest BCUT2D eigenvalue weighted by molar-refractivity contribution is -0.138. The maximum Gasteiger partial charge on any atom is 0.343 e. The number of carboxylic acid groups (broad SMARTS) is 1. The summed E-state index contributed by atoms with van der Waals surface area (Å²) in [5, 5.41) is 18.7. The number of ether oxygens (including phenoxy) is 3. The van der Waals surface area contributed by atoms with E-state index < -0.39 is 23.1 Å². The highest BCUT2D eigenvalue weighted by molar-refractivity contribution is 9.10. The van der Waals surface area contributed by atoms with Crippen LogP contribution in [-0.4, -0.2) is 53.3 Å². The highest BCUT2D eigenvalue weighted by Crippen LogP contribution is 2.37. The molecule has 178 valence electrons. The molecule has 0 aliphatic carbocycles. The Kier molecular flexibility index (Phi) is 8.66. The molecular weight excluding hydrogens is 530 g/mol. The van der Waals surface area contributed by atoms with Crippen LogP contribution in [0.2, 0.25) is 0 Å². The van der Waals surface area contributed by atoms with Gasteiger partial charge < -0.3 is 24.6 Å². The third kappa shape index (κ3) is 6.58. The lowest BCUT2D eigenvalue weighted by Crippen LogP contribution is -2.26. The fourth-order valence-electron chi connectivity index (χ4n) is 2.80. The second kappa shape index (κ2) is 11.7. The first-order valence-electron chi connectivity index (χ1n) is 9.93. The molecule has 0 radical (unpaired) electrons. The van der Waals surface area contributed by atoms with E-state index in [1.807, 2.05) is 0 Å². The molecule has 1 saturated heterocycles. The highest BCUT2D eigenvalue weighted by atomic mass is 79.9. The molecule has 1 aliphatic heterocycles. The number of carbonyl (C=O) groups is 3. The van der Waals surface area contributed by atoms with Gasteiger partial charge in [0.1, 0.15) is 11.0 Å². The summed E-state index contributed by atoms with van der Waals surface area (Å²) in [7, 11) is 1.54. The zero-order valence-corrected chi connectivity index (χ0v) is 20.5. The highest BCUT2D eigenvalue weighted by Gasteiger charge is 2.32. The average molecular weight is 550 g/mol. The first kappa shape index (κ1) is 25.2. The number of benzene rings is 2. The number of hydrogen-bond donors (Lipinski definition) is 2. The number of hydrogen-bond acceptors (Lipinski definition) is 9. The van der Waals surface area contributed by atoms with Gasteiger partial charge in [-0.2, -0.15) is 5.10 Å². The molecule has 1 fully saturated rings. The molecule has 1 aliphatic rings. The number of amidine groups is 1. The van der Waals surface area contributed by atoms with E-state index in [2.05, 4.69) is 31.4 Å². The number of amides is 1. The monoisotopic (exact) mass is 549 g/mol. The second-order valence-electron chi connectivity index (χ2n) is 6.72. The zero-order chi connectivity index (χ0) is 24.7. The molecule has 0 aromatic heterocycles. The van der Waals surface area contributed by atoms with Crippen LogP contribution in [0.5, 0.6) is 17.2 Å². The van der Waals surface area contributed by atoms with Crippen LogP contribution in [0, 0.1) is 0 Å². The molecule has 0 saturated carbocycles. The van der Waals surface area contributed by atoms with E-state index in [0.29, 0.717) is 33.7 Å². The molecule has 1 heterocycles. The Hall–Kier alpha value is -3.38. The number of methoxy groups -OCH3 is 1. The first-order chi connectivity index (χ1) is 16.3. The van der Waals surface area contributed by atoms with Crippen LogP contribution >= 0.6 is 27.7 Å². The van der Waals surface area contributed by atoms with Crippen LogP contribution in [-0.2, 0) is 9.59 Å². The lowest BCUT2D eigenvalue weighted by atomic mass is 10.2. The summed E-state index contributed by atoms with van der Waals surface area (Å²) in [6.07, 6.45) is 1.12. The third-order valence-corrected chi connectivity index (χ3v) is 6.01. The maximum atomic E-state index is 12.6. The minimum absolute atomic E-state index is 0.209. The number of carboxylic acids is 1. The molecular formula is C22H20BrN3O7S. The van der Waals surface area contributed by atoms with Gasteiger partial charge >= 0.3 is 11.9 Å². The van der Waals surface area contributed by atoms with Crippen LogP contribution in [0.1, 0.15) is 29.3 Å². The Labute approximate surface area is 207 Å². The Bertz CT molecular complexity index is 1150. The molecule has 2 aromatic rings. The molecule has 0 bridgehead atoms. The number of nitrogens with one attached hydrogen (secondary N) is 1. The Morgan fingerprint density at radius 2 is 2.00 bits per heavy atom. The predicted octanol–water partition coefficient (Wildman–Crippen LogP) is 3.47. The summed E-state index contributed by atoms with van der Waals surface area (Å²) in [6, 6.07) is 9.79. The van der Waals surface area contributed by atoms with E-state index in [4.69, 9.17) is 19.3 Å². The lowest BCUT2D eigenvalue weighted by Gasteiger charge is -2.13. The summed E-state index contributed by atoms with van der Waals surface area (Å²) < 4.78 is 16.7. The van der Waals surface area contributed by atoms with Gasteiger partial charge in [-0.1, -0.05) is 11.8 Å². The largest absolute Gasteiger partial charge is 0.497 e. The van der Waals surface area contributed by atoms with Gasteiger partial charge in [-0.15, -0.1) is 5.10 Å². The van der Waals surface area contributed by atoms with Gasteiger partial charge in [-0.25, -0.2) is 4.79 Å². The van der Waals surface area contributed by atoms with E-state index in [0.717, 1.165) is 11.8 Å². The molecule has 34 heavy (non-hydrogen) atoms. The number of esters is 1. The van der Waals surface area contributed by atoms with Gasteiger partial charge in [0.15, 0.2) is 16.7 Å². The van der Waals surface area contributed by atoms with Gasteiger partial charge in [0.2, 0.25) is 5.91 Å². The Morgan fingerprint density at radius 3 is 2.65 bits per heavy atom. The SMILES string of the molecule is CCOc1cc(/C=N/N=C2\NC(=O)C(CC(=O)O)S2)cc(Br)c1OC(=O)c1ccc(OC)cc1. The minimum atomic E-state index is -1.07. The smallest absolute Gasteiger partial charge is 0.343 e. The summed E-state index contributed by atoms with van der Waals surface area (Å²) in [5.74, 6) is -0.918. The number of halogens is 1. The van der Waals surface area contributed by atoms with Crippen molar-refractivity contribution in [3.05, 3.63) is 52.0 Å². The molecule has 0 spiro atoms. The van der Waals surface area contributed by atoms with Crippen LogP contribution in [0.15, 0.2) is 51.1 Å². The number of carbonyl (C=O) groups excluding carboxylic acids is 2. The van der Waals surface area contributed by atoms with Crippen molar-refractivity contribution < 1.29 is 33.7 Å². The molecule has 1 amide bonds. The van der Waals surface area contributed by atoms with Crippen molar-refractivity contribution in [2.24, 2.45) is 10.2 Å². The van der Waals surface area contributed by atoms with Crippen molar-refractivity contribution in [2.75, 3.05) is 13.7 Å². The van der Waals surface area contributed by atoms with E-state index in [-0.39, 0.29) is 17.3 Å². The molecule has 3 rings (SSSR count). The van der Waals surface area contributed by atoms with E-state index in [9.17, 15) is 14.4 Å². The van der Waals surface area contributed by atoms with Crippen LogP contribution in [0.25, 0.3) is 0 Å². The van der Waals surface area contributed by atoms with Crippen molar-refractivity contribution >= 4 is 56.9 Å². The molecule has 2 aromatic carbocycles. The van der Waals surface area contributed by atoms with Crippen molar-refractivity contribution in [1.29, 1.82) is 0 Å². The molecule has 2 N–H and O–H groups in total. The van der Waals surface area contributed by atoms with E-state index >= 15 is 0 Å². The van der Waals surface area contributed by atoms with Crippen molar-refractivity contribution in [1.82, 2.24) is 5.32 Å². The van der Waals surface area contributed by atoms with Gasteiger partial charge in [-0.3, -0.25) is 9.59 Å². The predicted molar refractivity (Wildman–Crippen MR) is 130 cm³/mol. The Balaban J connectivity index is 1.76. The molecule has 1 atom stereocenters. The van der Waals surface area contributed by atoms with Crippen molar-refractivity contribution in [2.45, 2.75) is 18.6 Å². The quantitative estimate of drug-likeness (QED) is 0.210. The number of nitrogens with zero attached hydrogens (tertiary/aromatic N) is 2. The van der Waals surface area contributed by atoms with Gasteiger partial charge in [0.05, 0.1) is 36.4 Å². The summed E-state index contributed by atoms with van der Waals surface area (Å²) in [6.45, 7) is 2.12. The van der Waals surface area contributed by atoms with Crippen LogP contribution < -0.4 is 19.5 Å². The van der Waals surface area contributed by atoms with Crippen LogP contribution in [0.4, 0.5) is 0 Å². The van der Waals surface area contributed by atoms with Crippen LogP contribution in [0.3, 0.4) is 0 Å². The third-order valence-electron chi connectivity index (χ3n) is 4.34. The van der Waals surface area contributed by atoms with Gasteiger partial charge in [-0.05, 0) is 64.8 Å². The fraction of sp³-hybridized carbons (Fsp3) is 0.227. The summed E-state index contributed by atoms with van der Waals surface area (Å²) >= 11 is 4.40. The van der Waals surface area contributed by atoms with Crippen molar-refractivity contribution in [3.8, 4) is 17.2 Å². The average Bonchev–Trinajstić information content (AvgIpc) is 3.14. The van der Waals surface area contributed by atoms with E-state index in [1.54, 1.807) is 43.3 Å². The summed E-state index contributed by atoms with van der Waals surface area (Å²) in [4.78, 5) is 35.2. The van der Waals surface area contributed by atoms with Gasteiger partial charge in [0.25, 0.3) is 0 Å². The first-order valence-corrected chi connectivity index (χ1v) is 11.6. The summed E-state index contributed by atoms with van der Waals surface area (Å²) in [5.41, 5.74) is 0.925. The maximum absolute atomic E-state index is 12.6. The standard InChI is InChI=1S/C22H20BrN3O7S/c1-3-32-16-9-12(11-24-26-22-25-20(29)17(34-22)10-18(27)28)8-15(23)19(16)33-21(30)13-4-6-14(31-2)7-5-13/h4-9,11,17H,3,10H2,1-2H3,(H,27,28)(H,25,26,29)/b24-11+. The normalized spacial score (nSPS) is 16.5. The van der Waals surface area contributed by atoms with Crippen molar-refractivity contribution in [3.63, 3.8) is 0 Å². The number of rotatable bonds is 9. The fourth-order valence-corrected chi connectivity index (χ4v) is 4.25. The molecule has 10 nitrogen and oxygen atoms in total. The van der Waals surface area contributed by atoms with Gasteiger partial charge in [0, 0.05) is 0 Å². The number of aliphatic carboxylic acids is 1.